The van der Waals surface area contributed by atoms with Crippen molar-refractivity contribution in [2.24, 2.45) is 0 Å². The third-order valence-electron chi connectivity index (χ3n) is 2.52. The van der Waals surface area contributed by atoms with Crippen LogP contribution in [0.4, 0.5) is 14.9 Å². The maximum atomic E-state index is 13.5. The fraction of sp³-hybridized carbons (Fsp3) is 0.385. The third-order valence-corrected chi connectivity index (χ3v) is 2.75. The molecule has 0 aliphatic carbocycles. The number of benzene rings is 1. The van der Waals surface area contributed by atoms with Gasteiger partial charge in [0.15, 0.2) is 0 Å². The average molecular weight is 303 g/mol. The maximum absolute atomic E-state index is 13.5. The largest absolute Gasteiger partial charge is 0.480 e. The van der Waals surface area contributed by atoms with Gasteiger partial charge in [-0.1, -0.05) is 11.6 Å². The lowest BCUT2D eigenvalue weighted by atomic mass is 10.1. The van der Waals surface area contributed by atoms with E-state index in [2.05, 4.69) is 5.32 Å². The minimum absolute atomic E-state index is 0.0952. The second-order valence-corrected chi connectivity index (χ2v) is 5.64. The lowest BCUT2D eigenvalue weighted by molar-refractivity contribution is -0.138. The van der Waals surface area contributed by atoms with Crippen molar-refractivity contribution in [3.05, 3.63) is 29.0 Å². The van der Waals surface area contributed by atoms with Gasteiger partial charge in [0.1, 0.15) is 12.4 Å². The number of carboxylic acid groups (broad SMARTS) is 1. The average Bonchev–Trinajstić information content (AvgIpc) is 2.29. The number of rotatable bonds is 3. The summed E-state index contributed by atoms with van der Waals surface area (Å²) in [7, 11) is 0. The number of urea groups is 1. The number of carbonyl (C=O) groups is 2. The molecule has 0 aliphatic rings. The Kier molecular flexibility index (Phi) is 4.94. The van der Waals surface area contributed by atoms with Crippen LogP contribution in [0, 0.1) is 5.82 Å². The highest BCUT2D eigenvalue weighted by Gasteiger charge is 2.28. The number of hydrogen-bond acceptors (Lipinski definition) is 2. The van der Waals surface area contributed by atoms with Crippen molar-refractivity contribution in [3.63, 3.8) is 0 Å². The van der Waals surface area contributed by atoms with Gasteiger partial charge >= 0.3 is 12.0 Å². The highest BCUT2D eigenvalue weighted by Crippen LogP contribution is 2.21. The molecular weight excluding hydrogens is 287 g/mol. The van der Waals surface area contributed by atoms with Gasteiger partial charge in [-0.2, -0.15) is 0 Å². The SMILES string of the molecule is CC(C)(C)N(CC(=O)O)C(=O)Nc1cc(Cl)ccc1F. The summed E-state index contributed by atoms with van der Waals surface area (Å²) in [5.41, 5.74) is -0.820. The Labute approximate surface area is 121 Å². The molecule has 1 aromatic carbocycles. The van der Waals surface area contributed by atoms with Gasteiger partial charge in [0, 0.05) is 10.6 Å². The third kappa shape index (κ3) is 4.38. The molecule has 0 atom stereocenters. The van der Waals surface area contributed by atoms with Crippen molar-refractivity contribution in [3.8, 4) is 0 Å². The summed E-state index contributed by atoms with van der Waals surface area (Å²) in [6, 6.07) is 3.03. The number of amides is 2. The molecular formula is C13H16ClFN2O3. The topological polar surface area (TPSA) is 69.6 Å². The number of halogens is 2. The van der Waals surface area contributed by atoms with E-state index in [9.17, 15) is 14.0 Å². The lowest BCUT2D eigenvalue weighted by Gasteiger charge is -2.34. The highest BCUT2D eigenvalue weighted by molar-refractivity contribution is 6.30. The molecule has 1 aromatic rings. The van der Waals surface area contributed by atoms with Crippen LogP contribution in [0.15, 0.2) is 18.2 Å². The summed E-state index contributed by atoms with van der Waals surface area (Å²) in [5.74, 6) is -1.80. The number of aliphatic carboxylic acids is 1. The smallest absolute Gasteiger partial charge is 0.323 e. The van der Waals surface area contributed by atoms with E-state index < -0.39 is 29.9 Å². The van der Waals surface area contributed by atoms with E-state index in [0.717, 1.165) is 11.0 Å². The molecule has 0 heterocycles. The van der Waals surface area contributed by atoms with Crippen molar-refractivity contribution in [1.82, 2.24) is 4.90 Å². The molecule has 2 amide bonds. The van der Waals surface area contributed by atoms with Crippen LogP contribution in [-0.4, -0.2) is 34.1 Å². The van der Waals surface area contributed by atoms with Crippen LogP contribution in [0.2, 0.25) is 5.02 Å². The minimum Gasteiger partial charge on any atom is -0.480 e. The quantitative estimate of drug-likeness (QED) is 0.901. The summed E-state index contributed by atoms with van der Waals surface area (Å²) in [6.45, 7) is 4.56. The van der Waals surface area contributed by atoms with Crippen LogP contribution in [0.5, 0.6) is 0 Å². The molecule has 0 unspecified atom stereocenters. The minimum atomic E-state index is -1.15. The number of carboxylic acids is 1. The molecule has 7 heteroatoms. The zero-order chi connectivity index (χ0) is 15.5. The van der Waals surface area contributed by atoms with Gasteiger partial charge in [-0.3, -0.25) is 4.79 Å². The van der Waals surface area contributed by atoms with Gasteiger partial charge in [-0.05, 0) is 39.0 Å². The molecule has 0 saturated carbocycles. The molecule has 1 rings (SSSR count). The van der Waals surface area contributed by atoms with Crippen molar-refractivity contribution < 1.29 is 19.1 Å². The van der Waals surface area contributed by atoms with Crippen molar-refractivity contribution in [2.45, 2.75) is 26.3 Å². The number of carbonyl (C=O) groups excluding carboxylic acids is 1. The monoisotopic (exact) mass is 302 g/mol. The molecule has 2 N–H and O–H groups in total. The molecule has 0 saturated heterocycles. The summed E-state index contributed by atoms with van der Waals surface area (Å²) in [5, 5.41) is 11.4. The van der Waals surface area contributed by atoms with Crippen LogP contribution >= 0.6 is 11.6 Å². The molecule has 0 aromatic heterocycles. The molecule has 5 nitrogen and oxygen atoms in total. The fourth-order valence-corrected chi connectivity index (χ4v) is 1.70. The van der Waals surface area contributed by atoms with E-state index in [0.29, 0.717) is 0 Å². The van der Waals surface area contributed by atoms with E-state index in [4.69, 9.17) is 16.7 Å². The molecule has 0 bridgehead atoms. The summed E-state index contributed by atoms with van der Waals surface area (Å²) in [6.07, 6.45) is 0. The maximum Gasteiger partial charge on any atom is 0.323 e. The first-order valence-corrected chi connectivity index (χ1v) is 6.24. The lowest BCUT2D eigenvalue weighted by Crippen LogP contribution is -2.50. The summed E-state index contributed by atoms with van der Waals surface area (Å²) >= 11 is 5.73. The van der Waals surface area contributed by atoms with E-state index in [1.54, 1.807) is 20.8 Å². The molecule has 0 fully saturated rings. The normalized spacial score (nSPS) is 11.1. The van der Waals surface area contributed by atoms with Crippen molar-refractivity contribution >= 4 is 29.3 Å². The van der Waals surface area contributed by atoms with E-state index in [1.807, 2.05) is 0 Å². The Morgan fingerprint density at radius 3 is 2.50 bits per heavy atom. The Balaban J connectivity index is 2.96. The van der Waals surface area contributed by atoms with Gasteiger partial charge in [0.05, 0.1) is 5.69 Å². The standard InChI is InChI=1S/C13H16ClFN2O3/c1-13(2,3)17(7-11(18)19)12(20)16-10-6-8(14)4-5-9(10)15/h4-6H,7H2,1-3H3,(H,16,20)(H,18,19). The van der Waals surface area contributed by atoms with E-state index in [-0.39, 0.29) is 10.7 Å². The van der Waals surface area contributed by atoms with Gasteiger partial charge in [0.2, 0.25) is 0 Å². The van der Waals surface area contributed by atoms with E-state index >= 15 is 0 Å². The van der Waals surface area contributed by atoms with Gasteiger partial charge in [0.25, 0.3) is 0 Å². The van der Waals surface area contributed by atoms with Gasteiger partial charge in [-0.15, -0.1) is 0 Å². The van der Waals surface area contributed by atoms with Crippen molar-refractivity contribution in [2.75, 3.05) is 11.9 Å². The number of hydrogen-bond donors (Lipinski definition) is 2. The van der Waals surface area contributed by atoms with Crippen LogP contribution in [0.25, 0.3) is 0 Å². The predicted octanol–water partition coefficient (Wildman–Crippen LogP) is 3.20. The second-order valence-electron chi connectivity index (χ2n) is 5.21. The van der Waals surface area contributed by atoms with Crippen LogP contribution < -0.4 is 5.32 Å². The van der Waals surface area contributed by atoms with Crippen LogP contribution in [0.3, 0.4) is 0 Å². The molecule has 110 valence electrons. The molecule has 0 spiro atoms. The Morgan fingerprint density at radius 1 is 1.40 bits per heavy atom. The first-order chi connectivity index (χ1) is 9.11. The zero-order valence-corrected chi connectivity index (χ0v) is 12.2. The highest BCUT2D eigenvalue weighted by atomic mass is 35.5. The summed E-state index contributed by atoms with van der Waals surface area (Å²) < 4.78 is 13.5. The fourth-order valence-electron chi connectivity index (χ4n) is 1.52. The van der Waals surface area contributed by atoms with E-state index in [1.165, 1.54) is 12.1 Å². The first-order valence-electron chi connectivity index (χ1n) is 5.86. The number of anilines is 1. The summed E-state index contributed by atoms with van der Waals surface area (Å²) in [4.78, 5) is 24.0. The molecule has 20 heavy (non-hydrogen) atoms. The van der Waals surface area contributed by atoms with Gasteiger partial charge in [-0.25, -0.2) is 9.18 Å². The van der Waals surface area contributed by atoms with Crippen LogP contribution in [0.1, 0.15) is 20.8 Å². The molecule has 0 radical (unpaired) electrons. The first kappa shape index (κ1) is 16.2. The Morgan fingerprint density at radius 2 is 2.00 bits per heavy atom. The van der Waals surface area contributed by atoms with Crippen LogP contribution in [-0.2, 0) is 4.79 Å². The number of nitrogens with one attached hydrogen (secondary N) is 1. The molecule has 0 aliphatic heterocycles. The Hall–Kier alpha value is -1.82. The van der Waals surface area contributed by atoms with Crippen molar-refractivity contribution in [1.29, 1.82) is 0 Å². The van der Waals surface area contributed by atoms with Gasteiger partial charge < -0.3 is 15.3 Å². The second kappa shape index (κ2) is 6.09. The Bertz CT molecular complexity index is 529. The predicted molar refractivity (Wildman–Crippen MR) is 74.5 cm³/mol. The zero-order valence-electron chi connectivity index (χ0n) is 11.4. The number of nitrogens with zero attached hydrogens (tertiary/aromatic N) is 1.